The third-order valence-electron chi connectivity index (χ3n) is 0.608. The number of nitrogens with one attached hydrogen (secondary N) is 1. The van der Waals surface area contributed by atoms with Crippen molar-refractivity contribution in [3.05, 3.63) is 0 Å². The lowest BCUT2D eigenvalue weighted by Gasteiger charge is -2.08. The van der Waals surface area contributed by atoms with Crippen LogP contribution in [0.1, 0.15) is 13.8 Å². The Labute approximate surface area is 63.8 Å². The SMILES string of the molecule is CC(C)NC(=O)OP(=O)(O)O. The zero-order valence-electron chi connectivity index (χ0n) is 6.14. The average Bonchev–Trinajstić information content (AvgIpc) is 1.53. The maximum absolute atomic E-state index is 10.4. The van der Waals surface area contributed by atoms with Crippen molar-refractivity contribution in [3.8, 4) is 0 Å². The van der Waals surface area contributed by atoms with Crippen molar-refractivity contribution in [3.63, 3.8) is 0 Å². The van der Waals surface area contributed by atoms with E-state index in [-0.39, 0.29) is 6.04 Å². The molecule has 0 heterocycles. The van der Waals surface area contributed by atoms with Crippen LogP contribution in [0.5, 0.6) is 0 Å². The normalized spacial score (nSPS) is 11.4. The Kier molecular flexibility index (Phi) is 3.51. The van der Waals surface area contributed by atoms with Crippen LogP contribution in [0.3, 0.4) is 0 Å². The Morgan fingerprint density at radius 2 is 2.00 bits per heavy atom. The van der Waals surface area contributed by atoms with Crippen molar-refractivity contribution in [2.24, 2.45) is 0 Å². The number of carbonyl (C=O) groups is 1. The van der Waals surface area contributed by atoms with E-state index in [2.05, 4.69) is 9.84 Å². The first-order valence-electron chi connectivity index (χ1n) is 2.87. The van der Waals surface area contributed by atoms with Gasteiger partial charge in [-0.1, -0.05) is 0 Å². The van der Waals surface area contributed by atoms with Gasteiger partial charge in [0.25, 0.3) is 0 Å². The third-order valence-corrected chi connectivity index (χ3v) is 1.01. The minimum absolute atomic E-state index is 0.214. The van der Waals surface area contributed by atoms with E-state index in [1.54, 1.807) is 13.8 Å². The average molecular weight is 183 g/mol. The van der Waals surface area contributed by atoms with Gasteiger partial charge in [0.05, 0.1) is 0 Å². The molecule has 0 aliphatic carbocycles. The highest BCUT2D eigenvalue weighted by molar-refractivity contribution is 7.46. The lowest BCUT2D eigenvalue weighted by molar-refractivity contribution is 0.174. The van der Waals surface area contributed by atoms with Crippen LogP contribution in [0.4, 0.5) is 4.79 Å². The van der Waals surface area contributed by atoms with Gasteiger partial charge < -0.3 is 9.84 Å². The molecular weight excluding hydrogens is 173 g/mol. The number of carbonyl (C=O) groups excluding carboxylic acids is 1. The number of hydrogen-bond acceptors (Lipinski definition) is 3. The van der Waals surface area contributed by atoms with Crippen LogP contribution >= 0.6 is 7.82 Å². The molecule has 0 aromatic heterocycles. The molecular formula is C4H10NO5P. The Morgan fingerprint density at radius 1 is 1.55 bits per heavy atom. The van der Waals surface area contributed by atoms with Crippen LogP contribution in [-0.2, 0) is 9.09 Å². The monoisotopic (exact) mass is 183 g/mol. The zero-order chi connectivity index (χ0) is 9.07. The van der Waals surface area contributed by atoms with Gasteiger partial charge in [0.1, 0.15) is 0 Å². The Morgan fingerprint density at radius 3 is 2.27 bits per heavy atom. The van der Waals surface area contributed by atoms with Gasteiger partial charge in [0.15, 0.2) is 0 Å². The third kappa shape index (κ3) is 7.32. The van der Waals surface area contributed by atoms with Gasteiger partial charge in [-0.3, -0.25) is 9.79 Å². The number of phosphoric ester groups is 1. The number of phosphoric acid groups is 1. The van der Waals surface area contributed by atoms with Crippen LogP contribution in [0.15, 0.2) is 0 Å². The molecule has 0 spiro atoms. The molecule has 1 amide bonds. The van der Waals surface area contributed by atoms with Gasteiger partial charge in [-0.05, 0) is 13.8 Å². The first-order valence-corrected chi connectivity index (χ1v) is 4.40. The van der Waals surface area contributed by atoms with Gasteiger partial charge in [-0.15, -0.1) is 0 Å². The largest absolute Gasteiger partial charge is 0.528 e. The maximum Gasteiger partial charge on any atom is 0.528 e. The Balaban J connectivity index is 3.80. The minimum atomic E-state index is -4.69. The molecule has 0 rings (SSSR count). The van der Waals surface area contributed by atoms with Gasteiger partial charge >= 0.3 is 13.9 Å². The van der Waals surface area contributed by atoms with Gasteiger partial charge in [0.2, 0.25) is 0 Å². The maximum atomic E-state index is 10.4. The highest BCUT2D eigenvalue weighted by Gasteiger charge is 2.20. The summed E-state index contributed by atoms with van der Waals surface area (Å²) >= 11 is 0. The predicted octanol–water partition coefficient (Wildman–Crippen LogP) is 0.214. The molecule has 0 aromatic rings. The molecule has 3 N–H and O–H groups in total. The number of hydrogen-bond donors (Lipinski definition) is 3. The summed E-state index contributed by atoms with van der Waals surface area (Å²) in [5.41, 5.74) is 0. The van der Waals surface area contributed by atoms with E-state index >= 15 is 0 Å². The van der Waals surface area contributed by atoms with Crippen molar-refractivity contribution in [1.29, 1.82) is 0 Å². The van der Waals surface area contributed by atoms with Crippen molar-refractivity contribution in [1.82, 2.24) is 5.32 Å². The van der Waals surface area contributed by atoms with Crippen LogP contribution < -0.4 is 5.32 Å². The van der Waals surface area contributed by atoms with E-state index in [0.29, 0.717) is 0 Å². The van der Waals surface area contributed by atoms with Gasteiger partial charge in [-0.25, -0.2) is 9.36 Å². The van der Waals surface area contributed by atoms with Crippen LogP contribution in [0.25, 0.3) is 0 Å². The van der Waals surface area contributed by atoms with Gasteiger partial charge in [-0.2, -0.15) is 0 Å². The van der Waals surface area contributed by atoms with Crippen molar-refractivity contribution in [2.45, 2.75) is 19.9 Å². The Hall–Kier alpha value is -0.580. The molecule has 0 aliphatic heterocycles. The summed E-state index contributed by atoms with van der Waals surface area (Å²) in [7, 11) is -4.69. The summed E-state index contributed by atoms with van der Waals surface area (Å²) < 4.78 is 13.7. The number of rotatable bonds is 2. The fourth-order valence-corrected chi connectivity index (χ4v) is 0.639. The molecule has 0 aliphatic rings. The zero-order valence-corrected chi connectivity index (χ0v) is 7.04. The highest BCUT2D eigenvalue weighted by atomic mass is 31.2. The highest BCUT2D eigenvalue weighted by Crippen LogP contribution is 2.35. The summed E-state index contributed by atoms with van der Waals surface area (Å²) in [4.78, 5) is 26.7. The summed E-state index contributed by atoms with van der Waals surface area (Å²) in [6.45, 7) is 3.28. The molecule has 0 unspecified atom stereocenters. The molecule has 0 atom stereocenters. The van der Waals surface area contributed by atoms with Crippen molar-refractivity contribution in [2.75, 3.05) is 0 Å². The molecule has 7 heteroatoms. The molecule has 0 saturated carbocycles. The van der Waals surface area contributed by atoms with Crippen molar-refractivity contribution >= 4 is 13.9 Å². The summed E-state index contributed by atoms with van der Waals surface area (Å²) in [6, 6.07) is -0.214. The molecule has 66 valence electrons. The topological polar surface area (TPSA) is 95.9 Å². The Bertz CT molecular complexity index is 185. The summed E-state index contributed by atoms with van der Waals surface area (Å²) in [5.74, 6) is 0. The lowest BCUT2D eigenvalue weighted by atomic mass is 10.4. The van der Waals surface area contributed by atoms with E-state index in [1.807, 2.05) is 0 Å². The lowest BCUT2D eigenvalue weighted by Crippen LogP contribution is -2.29. The first-order chi connectivity index (χ1) is 4.81. The van der Waals surface area contributed by atoms with E-state index in [4.69, 9.17) is 9.79 Å². The molecule has 11 heavy (non-hydrogen) atoms. The van der Waals surface area contributed by atoms with E-state index in [9.17, 15) is 9.36 Å². The number of amides is 1. The molecule has 0 fully saturated rings. The second kappa shape index (κ2) is 3.71. The second-order valence-corrected chi connectivity index (χ2v) is 3.33. The standard InChI is InChI=1S/C4H10NO5P/c1-3(2)5-4(6)10-11(7,8)9/h3H,1-2H3,(H,5,6)(H2,7,8,9). The summed E-state index contributed by atoms with van der Waals surface area (Å²) in [5, 5.41) is 2.15. The van der Waals surface area contributed by atoms with E-state index in [1.165, 1.54) is 0 Å². The first kappa shape index (κ1) is 10.4. The quantitative estimate of drug-likeness (QED) is 0.532. The fraction of sp³-hybridized carbons (Fsp3) is 0.750. The second-order valence-electron chi connectivity index (χ2n) is 2.17. The summed E-state index contributed by atoms with van der Waals surface area (Å²) in [6.07, 6.45) is -1.12. The minimum Gasteiger partial charge on any atom is -0.354 e. The smallest absolute Gasteiger partial charge is 0.354 e. The predicted molar refractivity (Wildman–Crippen MR) is 36.8 cm³/mol. The van der Waals surface area contributed by atoms with Crippen LogP contribution in [-0.4, -0.2) is 21.9 Å². The van der Waals surface area contributed by atoms with E-state index in [0.717, 1.165) is 0 Å². The van der Waals surface area contributed by atoms with Crippen molar-refractivity contribution < 1.29 is 23.7 Å². The van der Waals surface area contributed by atoms with Gasteiger partial charge in [0, 0.05) is 6.04 Å². The molecule has 0 saturated heterocycles. The van der Waals surface area contributed by atoms with E-state index < -0.39 is 13.9 Å². The fourth-order valence-electron chi connectivity index (χ4n) is 0.370. The molecule has 0 aromatic carbocycles. The molecule has 0 bridgehead atoms. The molecule has 6 nitrogen and oxygen atoms in total. The van der Waals surface area contributed by atoms with Crippen LogP contribution in [0.2, 0.25) is 0 Å². The molecule has 0 radical (unpaired) electrons. The van der Waals surface area contributed by atoms with Crippen LogP contribution in [0, 0.1) is 0 Å².